The molecule has 0 saturated heterocycles. The molecule has 3 N–H and O–H groups in total. The van der Waals surface area contributed by atoms with Crippen LogP contribution in [0.3, 0.4) is 0 Å². The molecule has 26 heavy (non-hydrogen) atoms. The van der Waals surface area contributed by atoms with Crippen molar-refractivity contribution >= 4 is 17.7 Å². The molecular formula is C17H19N5O4. The summed E-state index contributed by atoms with van der Waals surface area (Å²) in [6.45, 7) is 3.42. The fourth-order valence-corrected chi connectivity index (χ4v) is 3.01. The van der Waals surface area contributed by atoms with E-state index in [0.717, 1.165) is 0 Å². The fraction of sp³-hybridized carbons (Fsp3) is 0.353. The molecule has 1 aliphatic rings. The summed E-state index contributed by atoms with van der Waals surface area (Å²) < 4.78 is 1.33. The number of anilines is 1. The molecule has 136 valence electrons. The van der Waals surface area contributed by atoms with Crippen LogP contribution in [0.15, 0.2) is 29.1 Å². The molecule has 0 saturated carbocycles. The Kier molecular flexibility index (Phi) is 4.70. The van der Waals surface area contributed by atoms with Gasteiger partial charge in [-0.2, -0.15) is 9.78 Å². The smallest absolute Gasteiger partial charge is 0.307 e. The molecule has 2 aromatic rings. The first kappa shape index (κ1) is 17.6. The first-order valence-electron chi connectivity index (χ1n) is 8.19. The van der Waals surface area contributed by atoms with E-state index in [2.05, 4.69) is 20.4 Å². The maximum Gasteiger partial charge on any atom is 0.307 e. The third kappa shape index (κ3) is 3.56. The molecule has 0 aromatic carbocycles. The van der Waals surface area contributed by atoms with E-state index in [0.29, 0.717) is 30.0 Å². The Bertz CT molecular complexity index is 943. The van der Waals surface area contributed by atoms with Crippen molar-refractivity contribution in [2.24, 2.45) is 11.8 Å². The normalized spacial score (nSPS) is 19.3. The molecule has 1 aliphatic carbocycles. The van der Waals surface area contributed by atoms with Gasteiger partial charge in [-0.15, -0.1) is 0 Å². The number of hydrogen-bond acceptors (Lipinski definition) is 5. The first-order valence-corrected chi connectivity index (χ1v) is 8.19. The molecule has 0 spiro atoms. The van der Waals surface area contributed by atoms with Gasteiger partial charge in [-0.05, 0) is 26.7 Å². The monoisotopic (exact) mass is 357 g/mol. The van der Waals surface area contributed by atoms with Gasteiger partial charge in [0.15, 0.2) is 0 Å². The summed E-state index contributed by atoms with van der Waals surface area (Å²) in [5.41, 5.74) is 0.793. The predicted molar refractivity (Wildman–Crippen MR) is 93.1 cm³/mol. The highest BCUT2D eigenvalue weighted by Crippen LogP contribution is 2.27. The second kappa shape index (κ2) is 6.95. The van der Waals surface area contributed by atoms with Crippen LogP contribution >= 0.6 is 0 Å². The van der Waals surface area contributed by atoms with E-state index in [1.54, 1.807) is 26.0 Å². The van der Waals surface area contributed by atoms with Crippen LogP contribution in [0.2, 0.25) is 0 Å². The van der Waals surface area contributed by atoms with Gasteiger partial charge in [0, 0.05) is 17.8 Å². The van der Waals surface area contributed by atoms with Crippen molar-refractivity contribution in [1.82, 2.24) is 19.7 Å². The number of aliphatic carboxylic acids is 1. The van der Waals surface area contributed by atoms with Gasteiger partial charge >= 0.3 is 5.97 Å². The van der Waals surface area contributed by atoms with Crippen molar-refractivity contribution in [1.29, 1.82) is 0 Å². The van der Waals surface area contributed by atoms with Gasteiger partial charge in [0.2, 0.25) is 11.9 Å². The molecule has 0 unspecified atom stereocenters. The van der Waals surface area contributed by atoms with Crippen molar-refractivity contribution < 1.29 is 14.7 Å². The third-order valence-corrected chi connectivity index (χ3v) is 4.23. The topological polar surface area (TPSA) is 130 Å². The van der Waals surface area contributed by atoms with Crippen molar-refractivity contribution in [2.75, 3.05) is 5.32 Å². The van der Waals surface area contributed by atoms with Crippen LogP contribution < -0.4 is 10.9 Å². The molecule has 2 atom stereocenters. The Hall–Kier alpha value is -3.23. The number of carbonyl (C=O) groups excluding carboxylic acids is 1. The van der Waals surface area contributed by atoms with Crippen LogP contribution in [0.4, 0.5) is 5.82 Å². The van der Waals surface area contributed by atoms with Gasteiger partial charge in [0.1, 0.15) is 5.82 Å². The van der Waals surface area contributed by atoms with Gasteiger partial charge < -0.3 is 10.4 Å². The van der Waals surface area contributed by atoms with E-state index in [9.17, 15) is 19.5 Å². The van der Waals surface area contributed by atoms with Crippen molar-refractivity contribution in [3.63, 3.8) is 0 Å². The summed E-state index contributed by atoms with van der Waals surface area (Å²) in [5.74, 6) is -2.35. The van der Waals surface area contributed by atoms with Crippen LogP contribution in [-0.2, 0) is 9.59 Å². The maximum atomic E-state index is 12.7. The Morgan fingerprint density at radius 2 is 1.88 bits per heavy atom. The molecule has 0 radical (unpaired) electrons. The first-order chi connectivity index (χ1) is 12.3. The predicted octanol–water partition coefficient (Wildman–Crippen LogP) is 1.18. The second-order valence-electron chi connectivity index (χ2n) is 6.28. The standard InChI is InChI=1S/C17H19N5O4/c1-9-8-14(23)20-17(18-9)22-13(7-10(2)21-22)19-15(24)11-5-3-4-6-12(11)16(25)26/h3-4,7-8,11-12H,5-6H2,1-2H3,(H,19,24)(H,25,26)(H,18,20,23)/t11-,12-/m1/s1. The van der Waals surface area contributed by atoms with Crippen LogP contribution in [-0.4, -0.2) is 36.7 Å². The van der Waals surface area contributed by atoms with Crippen molar-refractivity contribution in [3.8, 4) is 5.95 Å². The molecule has 2 aromatic heterocycles. The average molecular weight is 357 g/mol. The average Bonchev–Trinajstić information content (AvgIpc) is 2.94. The number of nitrogens with zero attached hydrogens (tertiary/aromatic N) is 3. The number of carboxylic acids is 1. The minimum Gasteiger partial charge on any atom is -0.481 e. The highest BCUT2D eigenvalue weighted by Gasteiger charge is 2.34. The number of hydrogen-bond donors (Lipinski definition) is 3. The molecule has 9 nitrogen and oxygen atoms in total. The van der Waals surface area contributed by atoms with E-state index < -0.39 is 23.7 Å². The van der Waals surface area contributed by atoms with Crippen molar-refractivity contribution in [2.45, 2.75) is 26.7 Å². The minimum absolute atomic E-state index is 0.178. The highest BCUT2D eigenvalue weighted by atomic mass is 16.4. The third-order valence-electron chi connectivity index (χ3n) is 4.23. The SMILES string of the molecule is Cc1cc(=O)[nH]c(-n2nc(C)cc2NC(=O)[C@@H]2CC=CC[C@H]2C(=O)O)n1. The number of aromatic nitrogens is 4. The van der Waals surface area contributed by atoms with Gasteiger partial charge in [-0.25, -0.2) is 4.98 Å². The largest absolute Gasteiger partial charge is 0.481 e. The summed E-state index contributed by atoms with van der Waals surface area (Å²) in [5, 5.41) is 16.3. The zero-order chi connectivity index (χ0) is 18.8. The lowest BCUT2D eigenvalue weighted by Gasteiger charge is -2.24. The number of rotatable bonds is 4. The van der Waals surface area contributed by atoms with Crippen LogP contribution in [0.25, 0.3) is 5.95 Å². The molecule has 0 aliphatic heterocycles. The molecule has 9 heteroatoms. The highest BCUT2D eigenvalue weighted by molar-refractivity contribution is 5.95. The zero-order valence-corrected chi connectivity index (χ0v) is 14.4. The molecule has 2 heterocycles. The number of allylic oxidation sites excluding steroid dienone is 2. The van der Waals surface area contributed by atoms with Gasteiger partial charge in [-0.1, -0.05) is 12.2 Å². The molecule has 3 rings (SSSR count). The summed E-state index contributed by atoms with van der Waals surface area (Å²) in [6, 6.07) is 2.98. The Morgan fingerprint density at radius 1 is 1.19 bits per heavy atom. The number of aryl methyl sites for hydroxylation is 2. The Morgan fingerprint density at radius 3 is 2.54 bits per heavy atom. The van der Waals surface area contributed by atoms with Gasteiger partial charge in [0.05, 0.1) is 17.5 Å². The summed E-state index contributed by atoms with van der Waals surface area (Å²) in [7, 11) is 0. The van der Waals surface area contributed by atoms with Crippen LogP contribution in [0.5, 0.6) is 0 Å². The lowest BCUT2D eigenvalue weighted by atomic mass is 9.82. The Balaban J connectivity index is 1.91. The van der Waals surface area contributed by atoms with E-state index in [4.69, 9.17) is 0 Å². The molecule has 0 bridgehead atoms. The van der Waals surface area contributed by atoms with E-state index in [-0.39, 0.29) is 11.5 Å². The lowest BCUT2D eigenvalue weighted by Crippen LogP contribution is -2.35. The molecule has 1 amide bonds. The van der Waals surface area contributed by atoms with E-state index in [1.807, 2.05) is 6.08 Å². The lowest BCUT2D eigenvalue weighted by molar-refractivity contribution is -0.146. The number of H-pyrrole nitrogens is 1. The second-order valence-corrected chi connectivity index (χ2v) is 6.28. The van der Waals surface area contributed by atoms with Gasteiger partial charge in [0.25, 0.3) is 5.56 Å². The summed E-state index contributed by atoms with van der Waals surface area (Å²) in [4.78, 5) is 42.6. The van der Waals surface area contributed by atoms with E-state index >= 15 is 0 Å². The molecule has 0 fully saturated rings. The number of amides is 1. The summed E-state index contributed by atoms with van der Waals surface area (Å²) >= 11 is 0. The number of carboxylic acid groups (broad SMARTS) is 1. The maximum absolute atomic E-state index is 12.7. The quantitative estimate of drug-likeness (QED) is 0.705. The zero-order valence-electron chi connectivity index (χ0n) is 14.4. The van der Waals surface area contributed by atoms with Crippen LogP contribution in [0.1, 0.15) is 24.2 Å². The molecular weight excluding hydrogens is 338 g/mol. The van der Waals surface area contributed by atoms with Gasteiger partial charge in [-0.3, -0.25) is 19.4 Å². The minimum atomic E-state index is -0.996. The van der Waals surface area contributed by atoms with Crippen LogP contribution in [0, 0.1) is 25.7 Å². The summed E-state index contributed by atoms with van der Waals surface area (Å²) in [6.07, 6.45) is 4.26. The number of nitrogens with one attached hydrogen (secondary N) is 2. The van der Waals surface area contributed by atoms with E-state index in [1.165, 1.54) is 10.7 Å². The van der Waals surface area contributed by atoms with Crippen molar-refractivity contribution in [3.05, 3.63) is 46.0 Å². The number of aromatic amines is 1. The Labute approximate surface area is 148 Å². The fourth-order valence-electron chi connectivity index (χ4n) is 3.01. The number of carbonyl (C=O) groups is 2.